The van der Waals surface area contributed by atoms with E-state index in [-0.39, 0.29) is 0 Å². The van der Waals surface area contributed by atoms with Crippen LogP contribution in [0.15, 0.2) is 42.7 Å². The lowest BCUT2D eigenvalue weighted by Gasteiger charge is -2.21. The number of nitrogens with zero attached hydrogens (tertiary/aromatic N) is 2. The van der Waals surface area contributed by atoms with Crippen LogP contribution >= 0.6 is 0 Å². The van der Waals surface area contributed by atoms with Gasteiger partial charge in [-0.1, -0.05) is 19.9 Å². The van der Waals surface area contributed by atoms with Gasteiger partial charge in [0.1, 0.15) is 18.5 Å². The van der Waals surface area contributed by atoms with Crippen molar-refractivity contribution in [3.63, 3.8) is 0 Å². The number of rotatable bonds is 4. The van der Waals surface area contributed by atoms with Gasteiger partial charge in [0.2, 0.25) is 0 Å². The van der Waals surface area contributed by atoms with Crippen LogP contribution in [0.4, 0.5) is 0 Å². The number of aromatic nitrogens is 1. The van der Waals surface area contributed by atoms with Crippen molar-refractivity contribution in [2.24, 2.45) is 5.92 Å². The molecular formula is C19H24N2O2. The highest BCUT2D eigenvalue weighted by molar-refractivity contribution is 5.41. The number of hydrogen-bond acceptors (Lipinski definition) is 4. The second-order valence-electron chi connectivity index (χ2n) is 6.53. The Kier molecular flexibility index (Phi) is 4.94. The Morgan fingerprint density at radius 3 is 2.70 bits per heavy atom. The van der Waals surface area contributed by atoms with Gasteiger partial charge < -0.3 is 9.84 Å². The van der Waals surface area contributed by atoms with Crippen LogP contribution in [0, 0.1) is 5.92 Å². The fourth-order valence-electron chi connectivity index (χ4n) is 3.05. The fraction of sp³-hybridized carbons (Fsp3) is 0.421. The number of hydrogen-bond donors (Lipinski definition) is 1. The van der Waals surface area contributed by atoms with E-state index in [4.69, 9.17) is 4.74 Å². The minimum atomic E-state index is -0.634. The van der Waals surface area contributed by atoms with Gasteiger partial charge in [0.05, 0.1) is 0 Å². The van der Waals surface area contributed by atoms with Crippen LogP contribution < -0.4 is 4.74 Å². The van der Waals surface area contributed by atoms with Crippen LogP contribution in [-0.2, 0) is 6.54 Å². The molecule has 0 saturated carbocycles. The van der Waals surface area contributed by atoms with E-state index in [1.54, 1.807) is 12.4 Å². The van der Waals surface area contributed by atoms with Crippen LogP contribution in [0.25, 0.3) is 0 Å². The second-order valence-corrected chi connectivity index (χ2v) is 6.53. The number of pyridine rings is 1. The van der Waals surface area contributed by atoms with Crippen molar-refractivity contribution in [3.8, 4) is 5.75 Å². The number of fused-ring (bicyclic) bond motifs is 1. The number of benzene rings is 1. The molecule has 4 nitrogen and oxygen atoms in total. The third-order valence-electron chi connectivity index (χ3n) is 4.10. The average molecular weight is 312 g/mol. The molecule has 0 amide bonds. The summed E-state index contributed by atoms with van der Waals surface area (Å²) in [5.41, 5.74) is 2.90. The van der Waals surface area contributed by atoms with Crippen molar-refractivity contribution in [1.29, 1.82) is 0 Å². The first kappa shape index (κ1) is 16.0. The van der Waals surface area contributed by atoms with Crippen LogP contribution in [0.5, 0.6) is 5.75 Å². The van der Waals surface area contributed by atoms with Gasteiger partial charge in [0, 0.05) is 37.6 Å². The molecule has 3 rings (SSSR count). The molecule has 0 fully saturated rings. The third-order valence-corrected chi connectivity index (χ3v) is 4.10. The second kappa shape index (κ2) is 7.11. The molecule has 0 radical (unpaired) electrons. The van der Waals surface area contributed by atoms with Crippen LogP contribution in [0.2, 0.25) is 0 Å². The third kappa shape index (κ3) is 3.89. The Morgan fingerprint density at radius 1 is 1.17 bits per heavy atom. The Balaban J connectivity index is 1.84. The maximum absolute atomic E-state index is 10.6. The minimum absolute atomic E-state index is 0.627. The van der Waals surface area contributed by atoms with Gasteiger partial charge in [0.15, 0.2) is 0 Å². The molecule has 1 unspecified atom stereocenters. The molecule has 2 heterocycles. The Morgan fingerprint density at radius 2 is 1.96 bits per heavy atom. The summed E-state index contributed by atoms with van der Waals surface area (Å²) in [7, 11) is 0. The Hall–Kier alpha value is -1.91. The van der Waals surface area contributed by atoms with Crippen LogP contribution in [0.3, 0.4) is 0 Å². The van der Waals surface area contributed by atoms with E-state index in [2.05, 4.69) is 29.8 Å². The zero-order valence-corrected chi connectivity index (χ0v) is 13.8. The first-order chi connectivity index (χ1) is 11.1. The van der Waals surface area contributed by atoms with Gasteiger partial charge in [-0.15, -0.1) is 0 Å². The SMILES string of the molecule is CC(C)CN1CCOc2ccc(C(O)c3ccncc3)cc2C1. The van der Waals surface area contributed by atoms with Crippen molar-refractivity contribution in [2.45, 2.75) is 26.5 Å². The lowest BCUT2D eigenvalue weighted by Crippen LogP contribution is -2.29. The summed E-state index contributed by atoms with van der Waals surface area (Å²) < 4.78 is 5.87. The molecule has 1 N–H and O–H groups in total. The van der Waals surface area contributed by atoms with Crippen LogP contribution in [-0.4, -0.2) is 34.7 Å². The summed E-state index contributed by atoms with van der Waals surface area (Å²) in [5.74, 6) is 1.56. The summed E-state index contributed by atoms with van der Waals surface area (Å²) in [5, 5.41) is 10.6. The van der Waals surface area contributed by atoms with Crippen molar-refractivity contribution in [1.82, 2.24) is 9.88 Å². The van der Waals surface area contributed by atoms with Gasteiger partial charge in [-0.25, -0.2) is 0 Å². The summed E-state index contributed by atoms with van der Waals surface area (Å²) >= 11 is 0. The maximum Gasteiger partial charge on any atom is 0.123 e. The molecule has 0 saturated heterocycles. The fourth-order valence-corrected chi connectivity index (χ4v) is 3.05. The van der Waals surface area contributed by atoms with E-state index < -0.39 is 6.10 Å². The largest absolute Gasteiger partial charge is 0.492 e. The summed E-state index contributed by atoms with van der Waals surface area (Å²) in [6, 6.07) is 9.69. The number of aliphatic hydroxyl groups is 1. The topological polar surface area (TPSA) is 45.6 Å². The highest BCUT2D eigenvalue weighted by Crippen LogP contribution is 2.29. The molecule has 1 aromatic heterocycles. The molecule has 1 atom stereocenters. The van der Waals surface area contributed by atoms with Gasteiger partial charge >= 0.3 is 0 Å². The summed E-state index contributed by atoms with van der Waals surface area (Å²) in [6.45, 7) is 8.04. The molecule has 1 aromatic carbocycles. The van der Waals surface area contributed by atoms with E-state index in [9.17, 15) is 5.11 Å². The molecule has 1 aliphatic rings. The first-order valence-electron chi connectivity index (χ1n) is 8.19. The molecule has 122 valence electrons. The molecule has 1 aliphatic heterocycles. The standard InChI is InChI=1S/C19H24N2O2/c1-14(2)12-21-9-10-23-18-4-3-16(11-17(18)13-21)19(22)15-5-7-20-8-6-15/h3-8,11,14,19,22H,9-10,12-13H2,1-2H3. The molecule has 0 spiro atoms. The highest BCUT2D eigenvalue weighted by atomic mass is 16.5. The Labute approximate surface area is 137 Å². The zero-order chi connectivity index (χ0) is 16.2. The lowest BCUT2D eigenvalue weighted by molar-refractivity contribution is 0.207. The van der Waals surface area contributed by atoms with E-state index in [1.807, 2.05) is 24.3 Å². The molecule has 0 aliphatic carbocycles. The van der Waals surface area contributed by atoms with E-state index in [0.717, 1.165) is 42.1 Å². The van der Waals surface area contributed by atoms with E-state index in [1.165, 1.54) is 0 Å². The molecule has 0 bridgehead atoms. The highest BCUT2D eigenvalue weighted by Gasteiger charge is 2.18. The Bertz CT molecular complexity index is 643. The van der Waals surface area contributed by atoms with Crippen LogP contribution in [0.1, 0.15) is 36.6 Å². The molecule has 4 heteroatoms. The lowest BCUT2D eigenvalue weighted by atomic mass is 10.00. The van der Waals surface area contributed by atoms with E-state index >= 15 is 0 Å². The van der Waals surface area contributed by atoms with Gasteiger partial charge in [-0.2, -0.15) is 0 Å². The monoisotopic (exact) mass is 312 g/mol. The number of ether oxygens (including phenoxy) is 1. The molecular weight excluding hydrogens is 288 g/mol. The van der Waals surface area contributed by atoms with Crippen molar-refractivity contribution < 1.29 is 9.84 Å². The summed E-state index contributed by atoms with van der Waals surface area (Å²) in [4.78, 5) is 6.42. The number of aliphatic hydroxyl groups excluding tert-OH is 1. The van der Waals surface area contributed by atoms with Gasteiger partial charge in [0.25, 0.3) is 0 Å². The zero-order valence-electron chi connectivity index (χ0n) is 13.8. The molecule has 23 heavy (non-hydrogen) atoms. The van der Waals surface area contributed by atoms with Crippen molar-refractivity contribution in [3.05, 3.63) is 59.4 Å². The molecule has 2 aromatic rings. The average Bonchev–Trinajstić information content (AvgIpc) is 2.75. The minimum Gasteiger partial charge on any atom is -0.492 e. The van der Waals surface area contributed by atoms with Gasteiger partial charge in [-0.05, 0) is 41.3 Å². The normalized spacial score (nSPS) is 16.5. The smallest absolute Gasteiger partial charge is 0.123 e. The van der Waals surface area contributed by atoms with Gasteiger partial charge in [-0.3, -0.25) is 9.88 Å². The predicted molar refractivity (Wildman–Crippen MR) is 90.4 cm³/mol. The van der Waals surface area contributed by atoms with E-state index in [0.29, 0.717) is 12.5 Å². The maximum atomic E-state index is 10.6. The first-order valence-corrected chi connectivity index (χ1v) is 8.19. The summed E-state index contributed by atoms with van der Waals surface area (Å²) in [6.07, 6.45) is 2.77. The van der Waals surface area contributed by atoms with Crippen molar-refractivity contribution >= 4 is 0 Å². The predicted octanol–water partition coefficient (Wildman–Crippen LogP) is 3.01. The quantitative estimate of drug-likeness (QED) is 0.942. The van der Waals surface area contributed by atoms with Crippen molar-refractivity contribution in [2.75, 3.05) is 19.7 Å².